The summed E-state index contributed by atoms with van der Waals surface area (Å²) in [5.74, 6) is -0.955. The summed E-state index contributed by atoms with van der Waals surface area (Å²) in [5, 5.41) is 14.9. The second-order valence-electron chi connectivity index (χ2n) is 5.81. The smallest absolute Gasteiger partial charge is 0.315 e. The van der Waals surface area contributed by atoms with E-state index in [2.05, 4.69) is 30.7 Å². The molecule has 2 amide bonds. The number of carboxylic acids is 1. The molecule has 0 atom stereocenters. The van der Waals surface area contributed by atoms with E-state index in [1.807, 2.05) is 0 Å². The average Bonchev–Trinajstić information content (AvgIpc) is 2.50. The molecular weight excluding hydrogens is 288 g/mol. The zero-order chi connectivity index (χ0) is 15.9. The Morgan fingerprint density at radius 2 is 1.76 bits per heavy atom. The van der Waals surface area contributed by atoms with Gasteiger partial charge < -0.3 is 15.7 Å². The van der Waals surface area contributed by atoms with Crippen LogP contribution in [-0.4, -0.2) is 40.7 Å². The Hall–Kier alpha value is -0.910. The van der Waals surface area contributed by atoms with Crippen LogP contribution in [0.5, 0.6) is 0 Å². The van der Waals surface area contributed by atoms with E-state index in [0.29, 0.717) is 19.4 Å². The van der Waals surface area contributed by atoms with Crippen LogP contribution in [-0.2, 0) is 4.79 Å². The topological polar surface area (TPSA) is 78.4 Å². The lowest BCUT2D eigenvalue weighted by Gasteiger charge is -2.31. The third-order valence-electron chi connectivity index (χ3n) is 4.70. The maximum absolute atomic E-state index is 12.0. The van der Waals surface area contributed by atoms with Gasteiger partial charge in [-0.3, -0.25) is 4.79 Å². The number of hydrogen-bond acceptors (Lipinski definition) is 3. The van der Waals surface area contributed by atoms with E-state index in [4.69, 9.17) is 5.11 Å². The lowest BCUT2D eigenvalue weighted by Crippen LogP contribution is -2.48. The molecule has 0 saturated heterocycles. The first-order valence-electron chi connectivity index (χ1n) is 7.78. The summed E-state index contributed by atoms with van der Waals surface area (Å²) in [6.45, 7) is 4.96. The zero-order valence-corrected chi connectivity index (χ0v) is 14.1. The molecule has 1 aliphatic carbocycles. The van der Waals surface area contributed by atoms with Gasteiger partial charge in [-0.1, -0.05) is 13.8 Å². The molecule has 1 rings (SSSR count). The molecule has 0 bridgehead atoms. The molecule has 0 unspecified atom stereocenters. The van der Waals surface area contributed by atoms with Gasteiger partial charge in [0.2, 0.25) is 0 Å². The number of thioether (sulfide) groups is 1. The maximum Gasteiger partial charge on any atom is 0.315 e. The summed E-state index contributed by atoms with van der Waals surface area (Å²) >= 11 is 1.80. The third kappa shape index (κ3) is 5.41. The summed E-state index contributed by atoms with van der Waals surface area (Å²) in [7, 11) is 0. The van der Waals surface area contributed by atoms with E-state index in [1.165, 1.54) is 0 Å². The molecule has 122 valence electrons. The van der Waals surface area contributed by atoms with Crippen LogP contribution >= 0.6 is 11.8 Å². The highest BCUT2D eigenvalue weighted by Crippen LogP contribution is 2.29. The molecule has 0 aromatic carbocycles. The first-order valence-corrected chi connectivity index (χ1v) is 9.01. The Morgan fingerprint density at radius 3 is 2.19 bits per heavy atom. The Kier molecular flexibility index (Phi) is 7.35. The van der Waals surface area contributed by atoms with Gasteiger partial charge in [-0.15, -0.1) is 0 Å². The minimum absolute atomic E-state index is 0.104. The first-order chi connectivity index (χ1) is 9.96. The largest absolute Gasteiger partial charge is 0.481 e. The summed E-state index contributed by atoms with van der Waals surface area (Å²) in [5.41, 5.74) is 0. The van der Waals surface area contributed by atoms with Crippen molar-refractivity contribution in [3.05, 3.63) is 0 Å². The fourth-order valence-electron chi connectivity index (χ4n) is 2.82. The molecule has 0 aromatic rings. The number of carboxylic acid groups (broad SMARTS) is 1. The number of nitrogens with one attached hydrogen (secondary N) is 2. The molecule has 0 spiro atoms. The first kappa shape index (κ1) is 18.1. The highest BCUT2D eigenvalue weighted by Gasteiger charge is 2.28. The van der Waals surface area contributed by atoms with E-state index in [0.717, 1.165) is 25.7 Å². The highest BCUT2D eigenvalue weighted by molar-refractivity contribution is 8.00. The summed E-state index contributed by atoms with van der Waals surface area (Å²) in [4.78, 5) is 22.9. The third-order valence-corrected chi connectivity index (χ3v) is 6.29. The van der Waals surface area contributed by atoms with Crippen LogP contribution in [0.1, 0.15) is 52.4 Å². The van der Waals surface area contributed by atoms with Gasteiger partial charge in [0, 0.05) is 17.3 Å². The van der Waals surface area contributed by atoms with Gasteiger partial charge in [-0.05, 0) is 44.8 Å². The second kappa shape index (κ2) is 8.51. The molecular formula is C15H28N2O3S. The second-order valence-corrected chi connectivity index (χ2v) is 7.08. The van der Waals surface area contributed by atoms with Gasteiger partial charge in [0.1, 0.15) is 0 Å². The van der Waals surface area contributed by atoms with Crippen LogP contribution in [0.3, 0.4) is 0 Å². The summed E-state index contributed by atoms with van der Waals surface area (Å²) in [6, 6.07) is -0.0263. The van der Waals surface area contributed by atoms with Gasteiger partial charge in [-0.25, -0.2) is 4.79 Å². The molecule has 21 heavy (non-hydrogen) atoms. The molecule has 0 heterocycles. The van der Waals surface area contributed by atoms with Gasteiger partial charge in [0.15, 0.2) is 0 Å². The maximum atomic E-state index is 12.0. The van der Waals surface area contributed by atoms with Crippen molar-refractivity contribution in [3.63, 3.8) is 0 Å². The van der Waals surface area contributed by atoms with Gasteiger partial charge in [-0.2, -0.15) is 11.8 Å². The number of carbonyl (C=O) groups is 2. The van der Waals surface area contributed by atoms with Gasteiger partial charge in [0.05, 0.1) is 5.92 Å². The number of aliphatic carboxylic acids is 1. The molecule has 0 aromatic heterocycles. The Bertz CT molecular complexity index is 343. The molecule has 1 saturated carbocycles. The number of rotatable bonds is 7. The van der Waals surface area contributed by atoms with Crippen LogP contribution in [0.15, 0.2) is 0 Å². The Balaban J connectivity index is 2.33. The van der Waals surface area contributed by atoms with Crippen molar-refractivity contribution >= 4 is 23.8 Å². The van der Waals surface area contributed by atoms with Crippen molar-refractivity contribution in [2.75, 3.05) is 12.8 Å². The van der Waals surface area contributed by atoms with E-state index in [-0.39, 0.29) is 22.7 Å². The SMILES string of the molecule is CCC(CC)(CNC(=O)NC1CCC(C(=O)O)CC1)SC. The summed E-state index contributed by atoms with van der Waals surface area (Å²) < 4.78 is 0.109. The van der Waals surface area contributed by atoms with Crippen molar-refractivity contribution < 1.29 is 14.7 Å². The molecule has 1 fully saturated rings. The van der Waals surface area contributed by atoms with E-state index < -0.39 is 5.97 Å². The predicted octanol–water partition coefficient (Wildman–Crippen LogP) is 2.85. The van der Waals surface area contributed by atoms with Gasteiger partial charge in [0.25, 0.3) is 0 Å². The summed E-state index contributed by atoms with van der Waals surface area (Å²) in [6.07, 6.45) is 6.93. The normalized spacial score (nSPS) is 22.6. The predicted molar refractivity (Wildman–Crippen MR) is 86.7 cm³/mol. The number of amides is 2. The van der Waals surface area contributed by atoms with Crippen LogP contribution in [0.4, 0.5) is 4.79 Å². The quantitative estimate of drug-likeness (QED) is 0.675. The lowest BCUT2D eigenvalue weighted by molar-refractivity contribution is -0.142. The molecule has 0 radical (unpaired) electrons. The fourth-order valence-corrected chi connectivity index (χ4v) is 3.62. The minimum Gasteiger partial charge on any atom is -0.481 e. The van der Waals surface area contributed by atoms with Crippen LogP contribution in [0.25, 0.3) is 0 Å². The fraction of sp³-hybridized carbons (Fsp3) is 0.867. The number of hydrogen-bond donors (Lipinski definition) is 3. The highest BCUT2D eigenvalue weighted by atomic mass is 32.2. The van der Waals surface area contributed by atoms with Crippen molar-refractivity contribution in [2.24, 2.45) is 5.92 Å². The molecule has 1 aliphatic rings. The molecule has 0 aliphatic heterocycles. The van der Waals surface area contributed by atoms with Gasteiger partial charge >= 0.3 is 12.0 Å². The molecule has 3 N–H and O–H groups in total. The lowest BCUT2D eigenvalue weighted by atomic mass is 9.86. The Morgan fingerprint density at radius 1 is 1.19 bits per heavy atom. The average molecular weight is 316 g/mol. The van der Waals surface area contributed by atoms with Crippen molar-refractivity contribution in [2.45, 2.75) is 63.2 Å². The zero-order valence-electron chi connectivity index (χ0n) is 13.3. The minimum atomic E-state index is -0.714. The van der Waals surface area contributed by atoms with Crippen molar-refractivity contribution in [1.82, 2.24) is 10.6 Å². The molecule has 6 heteroatoms. The van der Waals surface area contributed by atoms with E-state index in [1.54, 1.807) is 11.8 Å². The number of urea groups is 1. The van der Waals surface area contributed by atoms with E-state index >= 15 is 0 Å². The van der Waals surface area contributed by atoms with Crippen LogP contribution in [0.2, 0.25) is 0 Å². The standard InChI is InChI=1S/C15H28N2O3S/c1-4-15(5-2,21-3)10-16-14(20)17-12-8-6-11(7-9-12)13(18)19/h11-12H,4-10H2,1-3H3,(H,18,19)(H2,16,17,20). The van der Waals surface area contributed by atoms with E-state index in [9.17, 15) is 9.59 Å². The monoisotopic (exact) mass is 316 g/mol. The van der Waals surface area contributed by atoms with Crippen LogP contribution < -0.4 is 10.6 Å². The van der Waals surface area contributed by atoms with Crippen LogP contribution in [0, 0.1) is 5.92 Å². The Labute approximate surface area is 131 Å². The number of carbonyl (C=O) groups excluding carboxylic acids is 1. The molecule has 5 nitrogen and oxygen atoms in total. The van der Waals surface area contributed by atoms with Crippen molar-refractivity contribution in [1.29, 1.82) is 0 Å². The van der Waals surface area contributed by atoms with Crippen molar-refractivity contribution in [3.8, 4) is 0 Å².